The van der Waals surface area contributed by atoms with Gasteiger partial charge >= 0.3 is 0 Å². The average Bonchev–Trinajstić information content (AvgIpc) is 3.20. The zero-order chi connectivity index (χ0) is 17.5. The Bertz CT molecular complexity index is 705. The van der Waals surface area contributed by atoms with E-state index in [1.54, 1.807) is 6.26 Å². The van der Waals surface area contributed by atoms with Gasteiger partial charge in [0.25, 0.3) is 0 Å². The van der Waals surface area contributed by atoms with Crippen LogP contribution in [0.4, 0.5) is 0 Å². The molecule has 24 heavy (non-hydrogen) atoms. The van der Waals surface area contributed by atoms with E-state index in [-0.39, 0.29) is 0 Å². The molecule has 0 bridgehead atoms. The van der Waals surface area contributed by atoms with Crippen LogP contribution in [0.15, 0.2) is 40.5 Å². The Balaban J connectivity index is 2.38. The van der Waals surface area contributed by atoms with Crippen molar-refractivity contribution in [1.29, 1.82) is 0 Å². The number of furan rings is 1. The van der Waals surface area contributed by atoms with Crippen molar-refractivity contribution in [3.63, 3.8) is 0 Å². The van der Waals surface area contributed by atoms with Gasteiger partial charge in [-0.25, -0.2) is 0 Å². The average molecular weight is 344 g/mol. The maximum atomic E-state index is 5.48. The molecule has 0 fully saturated rings. The molecule has 1 N–H and O–H groups in total. The molecule has 0 aromatic carbocycles. The summed E-state index contributed by atoms with van der Waals surface area (Å²) in [5.74, 6) is 0.958. The standard InChI is InChI=1S/C21H29NOS/c1-6-10-17(7-2)13-19(22-14-18-11-9-12-23-18)21-16(5)15(4)20(8-3)24-21/h9-13,22H,6-8,14H2,1-5H3/b17-10+,19-13+. The highest BCUT2D eigenvalue weighted by atomic mass is 32.1. The minimum absolute atomic E-state index is 0.708. The molecular weight excluding hydrogens is 314 g/mol. The molecule has 2 heterocycles. The van der Waals surface area contributed by atoms with Crippen molar-refractivity contribution >= 4 is 17.0 Å². The molecule has 0 saturated carbocycles. The van der Waals surface area contributed by atoms with Crippen LogP contribution in [0.2, 0.25) is 0 Å². The van der Waals surface area contributed by atoms with Gasteiger partial charge in [0, 0.05) is 4.88 Å². The second-order valence-electron chi connectivity index (χ2n) is 5.99. The summed E-state index contributed by atoms with van der Waals surface area (Å²) in [5, 5.41) is 3.60. The lowest BCUT2D eigenvalue weighted by Gasteiger charge is -2.11. The number of aryl methyl sites for hydroxylation is 1. The van der Waals surface area contributed by atoms with E-state index in [0.717, 1.165) is 25.0 Å². The number of rotatable bonds is 8. The molecule has 2 aromatic rings. The lowest BCUT2D eigenvalue weighted by atomic mass is 10.1. The van der Waals surface area contributed by atoms with Crippen LogP contribution in [0.25, 0.3) is 5.70 Å². The van der Waals surface area contributed by atoms with Gasteiger partial charge in [-0.15, -0.1) is 11.3 Å². The van der Waals surface area contributed by atoms with Crippen LogP contribution in [0.1, 0.15) is 60.3 Å². The molecule has 0 radical (unpaired) electrons. The second kappa shape index (κ2) is 8.93. The maximum absolute atomic E-state index is 5.48. The van der Waals surface area contributed by atoms with Crippen molar-refractivity contribution in [2.75, 3.05) is 0 Å². The molecule has 2 rings (SSSR count). The fraction of sp³-hybridized carbons (Fsp3) is 0.429. The van der Waals surface area contributed by atoms with Gasteiger partial charge in [0.2, 0.25) is 0 Å². The number of hydrogen-bond acceptors (Lipinski definition) is 3. The zero-order valence-electron chi connectivity index (χ0n) is 15.5. The lowest BCUT2D eigenvalue weighted by molar-refractivity contribution is 0.501. The lowest BCUT2D eigenvalue weighted by Crippen LogP contribution is -2.11. The number of nitrogens with one attached hydrogen (secondary N) is 1. The van der Waals surface area contributed by atoms with Crippen molar-refractivity contribution in [2.24, 2.45) is 0 Å². The maximum Gasteiger partial charge on any atom is 0.122 e. The smallest absolute Gasteiger partial charge is 0.122 e. The Morgan fingerprint density at radius 1 is 1.21 bits per heavy atom. The van der Waals surface area contributed by atoms with Gasteiger partial charge < -0.3 is 9.73 Å². The normalized spacial score (nSPS) is 12.7. The number of thiophene rings is 1. The minimum atomic E-state index is 0.708. The third kappa shape index (κ3) is 4.41. The Labute approximate surface area is 150 Å². The fourth-order valence-corrected chi connectivity index (χ4v) is 4.04. The van der Waals surface area contributed by atoms with E-state index in [0.29, 0.717) is 6.54 Å². The fourth-order valence-electron chi connectivity index (χ4n) is 2.80. The molecule has 0 spiro atoms. The molecule has 0 aliphatic carbocycles. The summed E-state index contributed by atoms with van der Waals surface area (Å²) < 4.78 is 5.48. The number of hydrogen-bond donors (Lipinski definition) is 1. The molecule has 0 saturated heterocycles. The molecule has 0 amide bonds. The van der Waals surface area contributed by atoms with Crippen molar-refractivity contribution in [2.45, 2.75) is 60.4 Å². The Hall–Kier alpha value is -1.74. The Morgan fingerprint density at radius 3 is 2.54 bits per heavy atom. The van der Waals surface area contributed by atoms with E-state index in [4.69, 9.17) is 4.42 Å². The monoisotopic (exact) mass is 343 g/mol. The van der Waals surface area contributed by atoms with Gasteiger partial charge in [0.15, 0.2) is 0 Å². The first-order valence-corrected chi connectivity index (χ1v) is 9.68. The van der Waals surface area contributed by atoms with Crippen LogP contribution in [0, 0.1) is 13.8 Å². The van der Waals surface area contributed by atoms with Gasteiger partial charge in [0.1, 0.15) is 5.76 Å². The Morgan fingerprint density at radius 2 is 2.00 bits per heavy atom. The van der Waals surface area contributed by atoms with E-state index in [1.807, 2.05) is 23.5 Å². The highest BCUT2D eigenvalue weighted by Gasteiger charge is 2.14. The Kier molecular flexibility index (Phi) is 6.92. The van der Waals surface area contributed by atoms with Gasteiger partial charge in [-0.2, -0.15) is 0 Å². The summed E-state index contributed by atoms with van der Waals surface area (Å²) in [6.07, 6.45) is 9.55. The second-order valence-corrected chi connectivity index (χ2v) is 7.09. The molecule has 2 aromatic heterocycles. The van der Waals surface area contributed by atoms with E-state index < -0.39 is 0 Å². The first-order valence-electron chi connectivity index (χ1n) is 8.86. The largest absolute Gasteiger partial charge is 0.467 e. The van der Waals surface area contributed by atoms with Crippen molar-refractivity contribution < 1.29 is 4.42 Å². The molecule has 2 nitrogen and oxygen atoms in total. The van der Waals surface area contributed by atoms with Crippen LogP contribution in [-0.4, -0.2) is 0 Å². The molecule has 130 valence electrons. The molecule has 0 atom stereocenters. The van der Waals surface area contributed by atoms with Crippen LogP contribution >= 0.6 is 11.3 Å². The van der Waals surface area contributed by atoms with Crippen LogP contribution in [-0.2, 0) is 13.0 Å². The quantitative estimate of drug-likeness (QED) is 0.561. The van der Waals surface area contributed by atoms with Gasteiger partial charge in [-0.1, -0.05) is 32.4 Å². The van der Waals surface area contributed by atoms with Crippen LogP contribution in [0.3, 0.4) is 0 Å². The van der Waals surface area contributed by atoms with Crippen LogP contribution < -0.4 is 5.32 Å². The summed E-state index contributed by atoms with van der Waals surface area (Å²) in [4.78, 5) is 2.83. The third-order valence-electron chi connectivity index (χ3n) is 4.35. The highest BCUT2D eigenvalue weighted by molar-refractivity contribution is 7.13. The van der Waals surface area contributed by atoms with Gasteiger partial charge in [-0.3, -0.25) is 0 Å². The summed E-state index contributed by atoms with van der Waals surface area (Å²) in [5.41, 5.74) is 5.41. The molecule has 0 unspecified atom stereocenters. The van der Waals surface area contributed by atoms with E-state index >= 15 is 0 Å². The van der Waals surface area contributed by atoms with E-state index in [9.17, 15) is 0 Å². The van der Waals surface area contributed by atoms with Crippen molar-refractivity contribution in [3.8, 4) is 0 Å². The van der Waals surface area contributed by atoms with Gasteiger partial charge in [-0.05, 0) is 62.4 Å². The minimum Gasteiger partial charge on any atom is -0.467 e. The number of allylic oxidation sites excluding steroid dienone is 3. The molecule has 3 heteroatoms. The summed E-state index contributed by atoms with van der Waals surface area (Å²) >= 11 is 1.91. The first kappa shape index (κ1) is 18.6. The summed E-state index contributed by atoms with van der Waals surface area (Å²) in [6.45, 7) is 11.8. The topological polar surface area (TPSA) is 25.2 Å². The predicted molar refractivity (Wildman–Crippen MR) is 105 cm³/mol. The zero-order valence-corrected chi connectivity index (χ0v) is 16.3. The van der Waals surface area contributed by atoms with Crippen LogP contribution in [0.5, 0.6) is 0 Å². The van der Waals surface area contributed by atoms with Gasteiger partial charge in [0.05, 0.1) is 23.4 Å². The SMILES string of the molecule is CC/C=C(/C=C(/NCc1ccco1)c1sc(CC)c(C)c1C)CC. The molecular formula is C21H29NOS. The summed E-state index contributed by atoms with van der Waals surface area (Å²) in [7, 11) is 0. The molecule has 0 aliphatic heterocycles. The first-order chi connectivity index (χ1) is 11.6. The molecule has 0 aliphatic rings. The van der Waals surface area contributed by atoms with E-state index in [2.05, 4.69) is 52.1 Å². The predicted octanol–water partition coefficient (Wildman–Crippen LogP) is 6.40. The highest BCUT2D eigenvalue weighted by Crippen LogP contribution is 2.33. The van der Waals surface area contributed by atoms with Crippen molar-refractivity contribution in [1.82, 2.24) is 5.32 Å². The van der Waals surface area contributed by atoms with Crippen molar-refractivity contribution in [3.05, 3.63) is 62.8 Å². The third-order valence-corrected chi connectivity index (χ3v) is 5.92. The van der Waals surface area contributed by atoms with E-state index in [1.165, 1.54) is 32.2 Å². The summed E-state index contributed by atoms with van der Waals surface area (Å²) in [6, 6.07) is 3.95.